The molecule has 3 aromatic rings. The van der Waals surface area contributed by atoms with Crippen LogP contribution in [0.5, 0.6) is 0 Å². The van der Waals surface area contributed by atoms with Crippen LogP contribution in [0.2, 0.25) is 0 Å². The summed E-state index contributed by atoms with van der Waals surface area (Å²) in [6.45, 7) is 7.47. The first kappa shape index (κ1) is 23.7. The summed E-state index contributed by atoms with van der Waals surface area (Å²) in [6, 6.07) is 11.0. The predicted octanol–water partition coefficient (Wildman–Crippen LogP) is 4.80. The van der Waals surface area contributed by atoms with Crippen molar-refractivity contribution in [3.05, 3.63) is 80.9 Å². The molecule has 2 bridgehead atoms. The van der Waals surface area contributed by atoms with Gasteiger partial charge in [0.25, 0.3) is 11.5 Å². The smallest absolute Gasteiger partial charge is 0.287 e. The second-order valence-electron chi connectivity index (χ2n) is 10.4. The molecule has 1 aromatic carbocycles. The van der Waals surface area contributed by atoms with Crippen molar-refractivity contribution in [1.82, 2.24) is 20.1 Å². The van der Waals surface area contributed by atoms with Gasteiger partial charge in [0, 0.05) is 30.5 Å². The maximum Gasteiger partial charge on any atom is 0.287 e. The summed E-state index contributed by atoms with van der Waals surface area (Å²) in [5, 5.41) is 10.9. The minimum absolute atomic E-state index is 0.221. The maximum absolute atomic E-state index is 13.2. The molecule has 0 unspecified atom stereocenters. The number of halogens is 1. The summed E-state index contributed by atoms with van der Waals surface area (Å²) >= 11 is 3.50. The van der Waals surface area contributed by atoms with Crippen molar-refractivity contribution in [2.75, 3.05) is 5.32 Å². The molecule has 0 radical (unpaired) electrons. The molecular formula is C27H30BrN5O2. The van der Waals surface area contributed by atoms with Crippen LogP contribution in [0.4, 0.5) is 5.69 Å². The maximum atomic E-state index is 13.2. The van der Waals surface area contributed by atoms with Gasteiger partial charge >= 0.3 is 0 Å². The van der Waals surface area contributed by atoms with Crippen LogP contribution in [-0.2, 0) is 6.54 Å². The molecular weight excluding hydrogens is 506 g/mol. The number of hydrogen-bond acceptors (Lipinski definition) is 5. The molecule has 4 atom stereocenters. The second-order valence-corrected chi connectivity index (χ2v) is 11.2. The van der Waals surface area contributed by atoms with E-state index in [9.17, 15) is 9.59 Å². The molecule has 1 amide bonds. The molecule has 3 aliphatic rings. The van der Waals surface area contributed by atoms with Crippen LogP contribution in [-0.4, -0.2) is 26.7 Å². The zero-order valence-electron chi connectivity index (χ0n) is 20.2. The van der Waals surface area contributed by atoms with Crippen molar-refractivity contribution in [2.45, 2.75) is 46.2 Å². The number of carbonyl (C=O) groups excluding carboxylic acids is 1. The van der Waals surface area contributed by atoms with Crippen LogP contribution in [0.1, 0.15) is 49.5 Å². The van der Waals surface area contributed by atoms with Crippen LogP contribution in [0.3, 0.4) is 0 Å². The molecule has 2 heterocycles. The van der Waals surface area contributed by atoms with Gasteiger partial charge in [-0.15, -0.1) is 0 Å². The summed E-state index contributed by atoms with van der Waals surface area (Å²) in [6.07, 6.45) is 7.49. The Bertz CT molecular complexity index is 1310. The molecule has 182 valence electrons. The van der Waals surface area contributed by atoms with Crippen molar-refractivity contribution in [1.29, 1.82) is 0 Å². The highest BCUT2D eigenvalue weighted by Gasteiger charge is 2.56. The Morgan fingerprint density at radius 2 is 1.97 bits per heavy atom. The van der Waals surface area contributed by atoms with Crippen LogP contribution >= 0.6 is 15.9 Å². The number of fused-ring (bicyclic) bond motifs is 2. The van der Waals surface area contributed by atoms with E-state index in [2.05, 4.69) is 57.4 Å². The van der Waals surface area contributed by atoms with E-state index >= 15 is 0 Å². The van der Waals surface area contributed by atoms with Crippen LogP contribution in [0.25, 0.3) is 5.69 Å². The minimum Gasteiger partial charge on any atom is -0.380 e. The van der Waals surface area contributed by atoms with Gasteiger partial charge in [-0.25, -0.2) is 0 Å². The fourth-order valence-corrected chi connectivity index (χ4v) is 6.21. The third-order valence-corrected chi connectivity index (χ3v) is 8.94. The first-order valence-corrected chi connectivity index (χ1v) is 12.9. The van der Waals surface area contributed by atoms with Crippen LogP contribution < -0.4 is 16.2 Å². The van der Waals surface area contributed by atoms with Gasteiger partial charge < -0.3 is 10.6 Å². The van der Waals surface area contributed by atoms with Crippen molar-refractivity contribution in [2.24, 2.45) is 23.2 Å². The average molecular weight is 536 g/mol. The standard InChI is InChI=1S/C27H30BrN5O2/c1-16-21-12-19(27(21,2)3)13-22(16)32-23-15-31-33(26(35)24(23)28)20-6-4-5-18(11-20)25(34)30-14-17-7-9-29-10-8-17/h4-11,15-16,19,21-22,32H,12-14H2,1-3H3,(H,30,34)/t16-,19+,21-,22-/m1/s1. The summed E-state index contributed by atoms with van der Waals surface area (Å²) in [4.78, 5) is 29.9. The lowest BCUT2D eigenvalue weighted by atomic mass is 9.45. The van der Waals surface area contributed by atoms with E-state index in [0.29, 0.717) is 51.2 Å². The number of anilines is 1. The van der Waals surface area contributed by atoms with E-state index in [-0.39, 0.29) is 11.5 Å². The fourth-order valence-electron chi connectivity index (χ4n) is 5.82. The molecule has 2 aromatic heterocycles. The third-order valence-electron chi connectivity index (χ3n) is 8.17. The molecule has 3 fully saturated rings. The van der Waals surface area contributed by atoms with Gasteiger partial charge in [-0.3, -0.25) is 14.6 Å². The second kappa shape index (κ2) is 9.22. The molecule has 0 aliphatic heterocycles. The Labute approximate surface area is 213 Å². The van der Waals surface area contributed by atoms with Crippen LogP contribution in [0, 0.1) is 23.2 Å². The number of carbonyl (C=O) groups is 1. The van der Waals surface area contributed by atoms with E-state index in [1.165, 1.54) is 11.1 Å². The predicted molar refractivity (Wildman–Crippen MR) is 140 cm³/mol. The summed E-state index contributed by atoms with van der Waals surface area (Å²) < 4.78 is 1.77. The normalized spacial score (nSPS) is 24.3. The first-order valence-electron chi connectivity index (χ1n) is 12.1. The highest BCUT2D eigenvalue weighted by molar-refractivity contribution is 9.10. The van der Waals surface area contributed by atoms with Gasteiger partial charge in [0.05, 0.1) is 17.6 Å². The van der Waals surface area contributed by atoms with Crippen LogP contribution in [0.15, 0.2) is 64.3 Å². The van der Waals surface area contributed by atoms with Crippen molar-refractivity contribution in [3.8, 4) is 5.69 Å². The largest absolute Gasteiger partial charge is 0.380 e. The van der Waals surface area contributed by atoms with Gasteiger partial charge in [0.15, 0.2) is 0 Å². The van der Waals surface area contributed by atoms with Gasteiger partial charge in [0.2, 0.25) is 0 Å². The first-order chi connectivity index (χ1) is 16.8. The molecule has 6 rings (SSSR count). The highest BCUT2D eigenvalue weighted by Crippen LogP contribution is 2.61. The Kier molecular flexibility index (Phi) is 6.25. The van der Waals surface area contributed by atoms with Crippen molar-refractivity contribution >= 4 is 27.5 Å². The van der Waals surface area contributed by atoms with E-state index in [1.54, 1.807) is 42.9 Å². The SMILES string of the molecule is C[C@@H]1[C@H]2C[C@@H](C[C@H]1Nc1cnn(-c3cccc(C(=O)NCc4ccncc4)c3)c(=O)c1Br)C2(C)C. The van der Waals surface area contributed by atoms with Gasteiger partial charge in [-0.2, -0.15) is 9.78 Å². The van der Waals surface area contributed by atoms with E-state index in [4.69, 9.17) is 0 Å². The highest BCUT2D eigenvalue weighted by atomic mass is 79.9. The average Bonchev–Trinajstić information content (AvgIpc) is 2.86. The minimum atomic E-state index is -0.265. The summed E-state index contributed by atoms with van der Waals surface area (Å²) in [5.41, 5.74) is 2.81. The fraction of sp³-hybridized carbons (Fsp3) is 0.407. The monoisotopic (exact) mass is 535 g/mol. The number of benzene rings is 1. The Morgan fingerprint density at radius 3 is 2.69 bits per heavy atom. The topological polar surface area (TPSA) is 88.9 Å². The number of rotatable bonds is 6. The summed E-state index contributed by atoms with van der Waals surface area (Å²) in [7, 11) is 0. The number of pyridine rings is 1. The number of amides is 1. The summed E-state index contributed by atoms with van der Waals surface area (Å²) in [5.74, 6) is 1.74. The van der Waals surface area contributed by atoms with E-state index in [0.717, 1.165) is 17.9 Å². The molecule has 0 spiro atoms. The molecule has 35 heavy (non-hydrogen) atoms. The number of nitrogens with one attached hydrogen (secondary N) is 2. The zero-order valence-corrected chi connectivity index (χ0v) is 21.7. The third kappa shape index (κ3) is 4.40. The molecule has 0 saturated heterocycles. The lowest BCUT2D eigenvalue weighted by molar-refractivity contribution is -0.105. The van der Waals surface area contributed by atoms with E-state index in [1.807, 2.05) is 12.1 Å². The Hall–Kier alpha value is -3.00. The molecule has 3 saturated carbocycles. The lowest BCUT2D eigenvalue weighted by Gasteiger charge is -2.62. The van der Waals surface area contributed by atoms with Gasteiger partial charge in [-0.05, 0) is 87.8 Å². The Balaban J connectivity index is 1.32. The van der Waals surface area contributed by atoms with Gasteiger partial charge in [-0.1, -0.05) is 26.8 Å². The zero-order chi connectivity index (χ0) is 24.7. The molecule has 3 aliphatic carbocycles. The molecule has 7 nitrogen and oxygen atoms in total. The van der Waals surface area contributed by atoms with Gasteiger partial charge in [0.1, 0.15) is 4.47 Å². The number of nitrogens with zero attached hydrogens (tertiary/aromatic N) is 3. The van der Waals surface area contributed by atoms with Crippen molar-refractivity contribution < 1.29 is 4.79 Å². The number of hydrogen-bond donors (Lipinski definition) is 2. The quantitative estimate of drug-likeness (QED) is 0.473. The number of aromatic nitrogens is 3. The van der Waals surface area contributed by atoms with E-state index < -0.39 is 0 Å². The van der Waals surface area contributed by atoms with Crippen molar-refractivity contribution in [3.63, 3.8) is 0 Å². The lowest BCUT2D eigenvalue weighted by Crippen LogP contribution is -2.58. The molecule has 8 heteroatoms. The molecule has 2 N–H and O–H groups in total. The Morgan fingerprint density at radius 1 is 1.20 bits per heavy atom.